The van der Waals surface area contributed by atoms with Crippen molar-refractivity contribution in [1.29, 1.82) is 0 Å². The van der Waals surface area contributed by atoms with E-state index >= 15 is 0 Å². The molecule has 0 saturated heterocycles. The van der Waals surface area contributed by atoms with E-state index in [1.807, 2.05) is 24.3 Å². The van der Waals surface area contributed by atoms with Crippen molar-refractivity contribution in [1.82, 2.24) is 4.90 Å². The molecule has 1 atom stereocenters. The van der Waals surface area contributed by atoms with Crippen molar-refractivity contribution in [2.45, 2.75) is 44.4 Å². The van der Waals surface area contributed by atoms with Crippen molar-refractivity contribution in [3.63, 3.8) is 0 Å². The zero-order chi connectivity index (χ0) is 13.2. The average molecular weight is 260 g/mol. The van der Waals surface area contributed by atoms with Gasteiger partial charge in [-0.15, -0.1) is 0 Å². The molecule has 3 nitrogen and oxygen atoms in total. The van der Waals surface area contributed by atoms with Crippen LogP contribution in [0.15, 0.2) is 24.3 Å². The first kappa shape index (κ1) is 13.1. The highest BCUT2D eigenvalue weighted by Gasteiger charge is 2.34. The minimum absolute atomic E-state index is 0.369. The molecule has 1 aromatic rings. The molecule has 0 spiro atoms. The van der Waals surface area contributed by atoms with Gasteiger partial charge in [0.1, 0.15) is 0 Å². The third-order valence-electron chi connectivity index (χ3n) is 4.26. The summed E-state index contributed by atoms with van der Waals surface area (Å²) in [5, 5.41) is 10.4. The van der Waals surface area contributed by atoms with Crippen LogP contribution in [0.4, 0.5) is 0 Å². The SMILES string of the molecule is NCc1ccc(C(O)CN(CC2CC2)C2CC2)cc1. The maximum absolute atomic E-state index is 10.4. The number of rotatable bonds is 7. The second-order valence-corrected chi connectivity index (χ2v) is 6.09. The molecule has 2 aliphatic carbocycles. The summed E-state index contributed by atoms with van der Waals surface area (Å²) in [5.74, 6) is 0.896. The van der Waals surface area contributed by atoms with Gasteiger partial charge in [0, 0.05) is 25.7 Å². The fourth-order valence-corrected chi connectivity index (χ4v) is 2.65. The molecular formula is C16H24N2O. The molecule has 1 unspecified atom stereocenters. The topological polar surface area (TPSA) is 49.5 Å². The third-order valence-corrected chi connectivity index (χ3v) is 4.26. The van der Waals surface area contributed by atoms with Crippen LogP contribution in [0, 0.1) is 5.92 Å². The van der Waals surface area contributed by atoms with Crippen molar-refractivity contribution < 1.29 is 5.11 Å². The Morgan fingerprint density at radius 2 is 1.84 bits per heavy atom. The number of hydrogen-bond acceptors (Lipinski definition) is 3. The lowest BCUT2D eigenvalue weighted by molar-refractivity contribution is 0.106. The Morgan fingerprint density at radius 3 is 2.37 bits per heavy atom. The number of nitrogens with two attached hydrogens (primary N) is 1. The Kier molecular flexibility index (Phi) is 3.87. The summed E-state index contributed by atoms with van der Waals surface area (Å²) in [6.07, 6.45) is 5.01. The summed E-state index contributed by atoms with van der Waals surface area (Å²) >= 11 is 0. The van der Waals surface area contributed by atoms with Crippen LogP contribution in [0.5, 0.6) is 0 Å². The molecule has 0 amide bonds. The highest BCUT2D eigenvalue weighted by atomic mass is 16.3. The van der Waals surface area contributed by atoms with Gasteiger partial charge in [-0.3, -0.25) is 4.90 Å². The second-order valence-electron chi connectivity index (χ2n) is 6.09. The lowest BCUT2D eigenvalue weighted by Crippen LogP contribution is -2.32. The minimum Gasteiger partial charge on any atom is -0.387 e. The summed E-state index contributed by atoms with van der Waals surface area (Å²) < 4.78 is 0. The highest BCUT2D eigenvalue weighted by Crippen LogP contribution is 2.35. The second kappa shape index (κ2) is 5.61. The summed E-state index contributed by atoms with van der Waals surface area (Å²) in [4.78, 5) is 2.50. The van der Waals surface area contributed by atoms with Gasteiger partial charge in [0.25, 0.3) is 0 Å². The molecule has 0 aliphatic heterocycles. The molecule has 2 aliphatic rings. The molecule has 0 bridgehead atoms. The molecule has 3 heteroatoms. The molecule has 0 radical (unpaired) electrons. The van der Waals surface area contributed by atoms with Gasteiger partial charge < -0.3 is 10.8 Å². The zero-order valence-electron chi connectivity index (χ0n) is 11.5. The summed E-state index contributed by atoms with van der Waals surface area (Å²) in [7, 11) is 0. The Morgan fingerprint density at radius 1 is 1.16 bits per heavy atom. The van der Waals surface area contributed by atoms with E-state index in [0.717, 1.165) is 29.6 Å². The van der Waals surface area contributed by atoms with Crippen LogP contribution in [0.25, 0.3) is 0 Å². The van der Waals surface area contributed by atoms with Gasteiger partial charge in [0.15, 0.2) is 0 Å². The molecule has 2 saturated carbocycles. The van der Waals surface area contributed by atoms with Gasteiger partial charge >= 0.3 is 0 Å². The molecular weight excluding hydrogens is 236 g/mol. The van der Waals surface area contributed by atoms with Crippen LogP contribution in [-0.4, -0.2) is 29.1 Å². The van der Waals surface area contributed by atoms with Crippen LogP contribution in [-0.2, 0) is 6.54 Å². The van der Waals surface area contributed by atoms with E-state index < -0.39 is 0 Å². The molecule has 104 valence electrons. The standard InChI is InChI=1S/C16H24N2O/c17-9-12-3-5-14(6-4-12)16(19)11-18(15-7-8-15)10-13-1-2-13/h3-6,13,15-16,19H,1-2,7-11,17H2. The number of hydrogen-bond donors (Lipinski definition) is 2. The van der Waals surface area contributed by atoms with Gasteiger partial charge in [0.05, 0.1) is 6.10 Å². The molecule has 1 aromatic carbocycles. The maximum atomic E-state index is 10.4. The van der Waals surface area contributed by atoms with E-state index in [1.165, 1.54) is 32.2 Å². The van der Waals surface area contributed by atoms with E-state index in [0.29, 0.717) is 6.54 Å². The Labute approximate surface area is 115 Å². The van der Waals surface area contributed by atoms with E-state index in [2.05, 4.69) is 4.90 Å². The summed E-state index contributed by atoms with van der Waals surface area (Å²) in [6, 6.07) is 8.78. The number of nitrogens with zero attached hydrogens (tertiary/aromatic N) is 1. The predicted octanol–water partition coefficient (Wildman–Crippen LogP) is 2.05. The summed E-state index contributed by atoms with van der Waals surface area (Å²) in [6.45, 7) is 2.53. The molecule has 3 rings (SSSR count). The monoisotopic (exact) mass is 260 g/mol. The Bertz CT molecular complexity index is 409. The number of benzene rings is 1. The van der Waals surface area contributed by atoms with Crippen molar-refractivity contribution in [2.75, 3.05) is 13.1 Å². The molecule has 3 N–H and O–H groups in total. The largest absolute Gasteiger partial charge is 0.387 e. The van der Waals surface area contributed by atoms with Crippen molar-refractivity contribution >= 4 is 0 Å². The Balaban J connectivity index is 1.59. The van der Waals surface area contributed by atoms with E-state index in [9.17, 15) is 5.11 Å². The first-order chi connectivity index (χ1) is 9.26. The van der Waals surface area contributed by atoms with E-state index in [-0.39, 0.29) is 6.10 Å². The van der Waals surface area contributed by atoms with Gasteiger partial charge in [0.2, 0.25) is 0 Å². The lowest BCUT2D eigenvalue weighted by Gasteiger charge is -2.25. The van der Waals surface area contributed by atoms with Gasteiger partial charge in [-0.2, -0.15) is 0 Å². The number of aliphatic hydroxyl groups is 1. The zero-order valence-corrected chi connectivity index (χ0v) is 11.5. The van der Waals surface area contributed by atoms with Crippen LogP contribution in [0.3, 0.4) is 0 Å². The normalized spacial score (nSPS) is 20.8. The van der Waals surface area contributed by atoms with Crippen molar-refractivity contribution in [3.05, 3.63) is 35.4 Å². The smallest absolute Gasteiger partial charge is 0.0917 e. The molecule has 19 heavy (non-hydrogen) atoms. The van der Waals surface area contributed by atoms with Crippen molar-refractivity contribution in [2.24, 2.45) is 11.7 Å². The third kappa shape index (κ3) is 3.56. The highest BCUT2D eigenvalue weighted by molar-refractivity contribution is 5.24. The molecule has 0 heterocycles. The van der Waals surface area contributed by atoms with Crippen LogP contribution >= 0.6 is 0 Å². The average Bonchev–Trinajstić information content (AvgIpc) is 3.29. The van der Waals surface area contributed by atoms with E-state index in [4.69, 9.17) is 5.73 Å². The van der Waals surface area contributed by atoms with E-state index in [1.54, 1.807) is 0 Å². The first-order valence-electron chi connectivity index (χ1n) is 7.47. The van der Waals surface area contributed by atoms with Crippen LogP contribution in [0.2, 0.25) is 0 Å². The van der Waals surface area contributed by atoms with Crippen LogP contribution in [0.1, 0.15) is 42.9 Å². The maximum Gasteiger partial charge on any atom is 0.0917 e. The van der Waals surface area contributed by atoms with Crippen LogP contribution < -0.4 is 5.73 Å². The number of aliphatic hydroxyl groups excluding tert-OH is 1. The predicted molar refractivity (Wildman–Crippen MR) is 76.6 cm³/mol. The van der Waals surface area contributed by atoms with Gasteiger partial charge in [-0.05, 0) is 42.7 Å². The molecule has 2 fully saturated rings. The quantitative estimate of drug-likeness (QED) is 0.789. The van der Waals surface area contributed by atoms with Gasteiger partial charge in [-0.1, -0.05) is 24.3 Å². The van der Waals surface area contributed by atoms with Crippen molar-refractivity contribution in [3.8, 4) is 0 Å². The fraction of sp³-hybridized carbons (Fsp3) is 0.625. The fourth-order valence-electron chi connectivity index (χ4n) is 2.65. The minimum atomic E-state index is -0.369. The summed E-state index contributed by atoms with van der Waals surface area (Å²) in [5.41, 5.74) is 7.73. The van der Waals surface area contributed by atoms with Gasteiger partial charge in [-0.25, -0.2) is 0 Å². The lowest BCUT2D eigenvalue weighted by atomic mass is 10.1. The first-order valence-corrected chi connectivity index (χ1v) is 7.47. The Hall–Kier alpha value is -0.900. The molecule has 0 aromatic heterocycles.